The zero-order valence-electron chi connectivity index (χ0n) is 17.5. The standard InChI is InChI=1S/C21H20Cl2N4O5S/c1-10-14(22)15(23)17(24-10)18(28)26-20-25-16-12(8-11(19(29)30)9-13(16)33-20)27-4-2-21(3-5-27)31-6-7-32-21/h8-9,24H,2-7H2,1H3,(H,29,30)(H,25,26,28). The van der Waals surface area contributed by atoms with Gasteiger partial charge in [0.25, 0.3) is 5.91 Å². The number of amides is 1. The van der Waals surface area contributed by atoms with Gasteiger partial charge in [-0.05, 0) is 19.1 Å². The number of benzene rings is 1. The van der Waals surface area contributed by atoms with E-state index in [0.717, 1.165) is 0 Å². The number of hydrogen-bond acceptors (Lipinski definition) is 7. The number of nitrogens with one attached hydrogen (secondary N) is 2. The molecule has 2 aliphatic rings. The Morgan fingerprint density at radius 1 is 1.21 bits per heavy atom. The summed E-state index contributed by atoms with van der Waals surface area (Å²) >= 11 is 13.4. The highest BCUT2D eigenvalue weighted by atomic mass is 35.5. The van der Waals surface area contributed by atoms with E-state index in [2.05, 4.69) is 20.2 Å². The molecule has 2 fully saturated rings. The minimum atomic E-state index is -1.03. The highest BCUT2D eigenvalue weighted by Gasteiger charge is 2.40. The van der Waals surface area contributed by atoms with Crippen molar-refractivity contribution in [2.75, 3.05) is 36.5 Å². The van der Waals surface area contributed by atoms with Crippen LogP contribution in [0.5, 0.6) is 0 Å². The second-order valence-electron chi connectivity index (χ2n) is 7.97. The number of piperidine rings is 1. The van der Waals surface area contributed by atoms with E-state index in [4.69, 9.17) is 32.7 Å². The van der Waals surface area contributed by atoms with Crippen molar-refractivity contribution in [3.63, 3.8) is 0 Å². The molecular weight excluding hydrogens is 491 g/mol. The van der Waals surface area contributed by atoms with Crippen molar-refractivity contribution in [2.24, 2.45) is 0 Å². The fourth-order valence-electron chi connectivity index (χ4n) is 4.19. The molecule has 3 N–H and O–H groups in total. The van der Waals surface area contributed by atoms with Crippen LogP contribution in [0, 0.1) is 6.92 Å². The summed E-state index contributed by atoms with van der Waals surface area (Å²) in [6.07, 6.45) is 1.34. The van der Waals surface area contributed by atoms with Crippen LogP contribution in [0.15, 0.2) is 12.1 Å². The second-order valence-corrected chi connectivity index (χ2v) is 9.75. The summed E-state index contributed by atoms with van der Waals surface area (Å²) in [6, 6.07) is 3.18. The SMILES string of the molecule is Cc1[nH]c(C(=O)Nc2nc3c(N4CCC5(CC4)OCCO5)cc(C(=O)O)cc3s2)c(Cl)c1Cl. The van der Waals surface area contributed by atoms with Gasteiger partial charge in [-0.3, -0.25) is 10.1 Å². The van der Waals surface area contributed by atoms with Gasteiger partial charge in [-0.25, -0.2) is 9.78 Å². The zero-order valence-corrected chi connectivity index (χ0v) is 19.9. The lowest BCUT2D eigenvalue weighted by Gasteiger charge is -2.38. The highest BCUT2D eigenvalue weighted by Crippen LogP contribution is 2.39. The first-order valence-corrected chi connectivity index (χ1v) is 11.9. The number of halogens is 2. The number of aromatic amines is 1. The molecule has 0 bridgehead atoms. The molecule has 0 unspecified atom stereocenters. The number of carboxylic acid groups (broad SMARTS) is 1. The Kier molecular flexibility index (Phi) is 5.74. The van der Waals surface area contributed by atoms with Crippen molar-refractivity contribution in [3.8, 4) is 0 Å². The Morgan fingerprint density at radius 2 is 1.91 bits per heavy atom. The molecule has 1 aromatic carbocycles. The normalized spacial score (nSPS) is 17.7. The smallest absolute Gasteiger partial charge is 0.335 e. The zero-order chi connectivity index (χ0) is 23.3. The number of fused-ring (bicyclic) bond motifs is 1. The predicted molar refractivity (Wildman–Crippen MR) is 126 cm³/mol. The maximum absolute atomic E-state index is 12.7. The molecule has 4 heterocycles. The van der Waals surface area contributed by atoms with E-state index < -0.39 is 17.7 Å². The van der Waals surface area contributed by atoms with Crippen LogP contribution in [0.3, 0.4) is 0 Å². The van der Waals surface area contributed by atoms with Crippen molar-refractivity contribution in [1.29, 1.82) is 0 Å². The fourth-order valence-corrected chi connectivity index (χ4v) is 5.53. The Labute approximate surface area is 202 Å². The quantitative estimate of drug-likeness (QED) is 0.471. The van der Waals surface area contributed by atoms with Crippen molar-refractivity contribution in [2.45, 2.75) is 25.6 Å². The van der Waals surface area contributed by atoms with Gasteiger partial charge in [0.2, 0.25) is 0 Å². The topological polar surface area (TPSA) is 117 Å². The summed E-state index contributed by atoms with van der Waals surface area (Å²) in [5.41, 5.74) is 2.20. The first-order chi connectivity index (χ1) is 15.8. The van der Waals surface area contributed by atoms with E-state index in [1.165, 1.54) is 11.3 Å². The first-order valence-electron chi connectivity index (χ1n) is 10.3. The molecule has 0 saturated carbocycles. The van der Waals surface area contributed by atoms with Gasteiger partial charge in [0.05, 0.1) is 39.2 Å². The van der Waals surface area contributed by atoms with Gasteiger partial charge < -0.3 is 24.5 Å². The maximum Gasteiger partial charge on any atom is 0.335 e. The third-order valence-electron chi connectivity index (χ3n) is 5.90. The second kappa shape index (κ2) is 8.44. The van der Waals surface area contributed by atoms with Crippen LogP contribution in [-0.2, 0) is 9.47 Å². The van der Waals surface area contributed by atoms with Gasteiger partial charge in [0.15, 0.2) is 10.9 Å². The third-order valence-corrected chi connectivity index (χ3v) is 7.77. The third kappa shape index (κ3) is 4.06. The van der Waals surface area contributed by atoms with Crippen LogP contribution in [-0.4, -0.2) is 59.0 Å². The molecule has 1 amide bonds. The van der Waals surface area contributed by atoms with Gasteiger partial charge in [-0.1, -0.05) is 34.5 Å². The summed E-state index contributed by atoms with van der Waals surface area (Å²) in [7, 11) is 0. The van der Waals surface area contributed by atoms with E-state index in [1.807, 2.05) is 0 Å². The number of carbonyl (C=O) groups excluding carboxylic acids is 1. The van der Waals surface area contributed by atoms with Crippen molar-refractivity contribution in [3.05, 3.63) is 39.1 Å². The van der Waals surface area contributed by atoms with Crippen LogP contribution in [0.25, 0.3) is 10.2 Å². The molecule has 5 rings (SSSR count). The van der Waals surface area contributed by atoms with Crippen LogP contribution in [0.1, 0.15) is 39.4 Å². The number of nitrogens with zero attached hydrogens (tertiary/aromatic N) is 2. The summed E-state index contributed by atoms with van der Waals surface area (Å²) in [5.74, 6) is -2.06. The average molecular weight is 511 g/mol. The largest absolute Gasteiger partial charge is 0.478 e. The van der Waals surface area contributed by atoms with Crippen LogP contribution >= 0.6 is 34.5 Å². The maximum atomic E-state index is 12.7. The molecule has 2 aliphatic heterocycles. The number of aryl methyl sites for hydroxylation is 1. The number of ether oxygens (including phenoxy) is 2. The number of carboxylic acids is 1. The van der Waals surface area contributed by atoms with Gasteiger partial charge in [-0.2, -0.15) is 0 Å². The Morgan fingerprint density at radius 3 is 2.52 bits per heavy atom. The Hall–Kier alpha value is -2.37. The molecule has 12 heteroatoms. The number of aromatic nitrogens is 2. The van der Waals surface area contributed by atoms with E-state index in [9.17, 15) is 14.7 Å². The van der Waals surface area contributed by atoms with E-state index in [-0.39, 0.29) is 21.3 Å². The molecule has 174 valence electrons. The van der Waals surface area contributed by atoms with Crippen molar-refractivity contribution in [1.82, 2.24) is 9.97 Å². The van der Waals surface area contributed by atoms with Crippen LogP contribution < -0.4 is 10.2 Å². The fraction of sp³-hybridized carbons (Fsp3) is 0.381. The van der Waals surface area contributed by atoms with E-state index in [1.54, 1.807) is 19.1 Å². The lowest BCUT2D eigenvalue weighted by Crippen LogP contribution is -2.45. The molecule has 9 nitrogen and oxygen atoms in total. The first kappa shape index (κ1) is 22.4. The molecule has 0 aliphatic carbocycles. The molecule has 1 spiro atoms. The summed E-state index contributed by atoms with van der Waals surface area (Å²) in [5, 5.41) is 13.1. The monoisotopic (exact) mass is 510 g/mol. The lowest BCUT2D eigenvalue weighted by molar-refractivity contribution is -0.169. The molecule has 0 radical (unpaired) electrons. The Balaban J connectivity index is 1.46. The lowest BCUT2D eigenvalue weighted by atomic mass is 10.0. The predicted octanol–water partition coefficient (Wildman–Crippen LogP) is 4.53. The minimum Gasteiger partial charge on any atom is -0.478 e. The number of hydrogen-bond donors (Lipinski definition) is 3. The molecule has 3 aromatic rings. The summed E-state index contributed by atoms with van der Waals surface area (Å²) < 4.78 is 12.2. The average Bonchev–Trinajstić information content (AvgIpc) is 3.48. The molecule has 2 aromatic heterocycles. The molecule has 2 saturated heterocycles. The molecule has 33 heavy (non-hydrogen) atoms. The van der Waals surface area contributed by atoms with Crippen molar-refractivity contribution < 1.29 is 24.2 Å². The van der Waals surface area contributed by atoms with E-state index >= 15 is 0 Å². The number of H-pyrrole nitrogens is 1. The number of aromatic carboxylic acids is 1. The van der Waals surface area contributed by atoms with Crippen molar-refractivity contribution >= 4 is 67.5 Å². The van der Waals surface area contributed by atoms with Gasteiger partial charge >= 0.3 is 5.97 Å². The number of thiazole rings is 1. The molecular formula is C21H20Cl2N4O5S. The summed E-state index contributed by atoms with van der Waals surface area (Å²) in [6.45, 7) is 4.15. The van der Waals surface area contributed by atoms with Gasteiger partial charge in [-0.15, -0.1) is 0 Å². The highest BCUT2D eigenvalue weighted by molar-refractivity contribution is 7.22. The van der Waals surface area contributed by atoms with Gasteiger partial charge in [0, 0.05) is 31.6 Å². The number of anilines is 2. The van der Waals surface area contributed by atoms with E-state index in [0.29, 0.717) is 65.9 Å². The Bertz CT molecular complexity index is 1260. The molecule has 0 atom stereocenters. The summed E-state index contributed by atoms with van der Waals surface area (Å²) in [4.78, 5) is 34.0. The van der Waals surface area contributed by atoms with Crippen LogP contribution in [0.2, 0.25) is 10.0 Å². The van der Waals surface area contributed by atoms with Crippen LogP contribution in [0.4, 0.5) is 10.8 Å². The number of carbonyl (C=O) groups is 2. The minimum absolute atomic E-state index is 0.139. The van der Waals surface area contributed by atoms with Gasteiger partial charge in [0.1, 0.15) is 11.2 Å². The number of rotatable bonds is 4.